The number of benzene rings is 1. The highest BCUT2D eigenvalue weighted by Gasteiger charge is 2.31. The Morgan fingerprint density at radius 2 is 1.78 bits per heavy atom. The van der Waals surface area contributed by atoms with E-state index in [1.54, 1.807) is 11.8 Å². The average Bonchev–Trinajstić information content (AvgIpc) is 3.15. The topological polar surface area (TPSA) is 61.4 Å². The van der Waals surface area contributed by atoms with Gasteiger partial charge in [0.25, 0.3) is 0 Å². The minimum atomic E-state index is -0.623. The molecule has 0 spiro atoms. The van der Waals surface area contributed by atoms with E-state index in [0.717, 1.165) is 31.7 Å². The molecule has 3 amide bonds. The number of carbonyl (C=O) groups is 2. The quantitative estimate of drug-likeness (QED) is 0.841. The maximum absolute atomic E-state index is 14.3. The largest absolute Gasteiger partial charge is 0.343 e. The monoisotopic (exact) mass is 379 g/mol. The van der Waals surface area contributed by atoms with Gasteiger partial charge in [0.1, 0.15) is 11.6 Å². The molecule has 1 aromatic carbocycles. The lowest BCUT2D eigenvalue weighted by Gasteiger charge is -2.32. The summed E-state index contributed by atoms with van der Waals surface area (Å²) in [6, 6.07) is 2.72. The number of likely N-dealkylation sites (tertiary alicyclic amines) is 1. The molecule has 1 aromatic rings. The van der Waals surface area contributed by atoms with Gasteiger partial charge in [-0.25, -0.2) is 13.6 Å². The number of amides is 3. The second-order valence-electron chi connectivity index (χ2n) is 7.59. The summed E-state index contributed by atoms with van der Waals surface area (Å²) in [5.74, 6) is -1.05. The molecule has 1 atom stereocenters. The van der Waals surface area contributed by atoms with Crippen molar-refractivity contribution in [1.82, 2.24) is 15.5 Å². The summed E-state index contributed by atoms with van der Waals surface area (Å²) in [4.78, 5) is 25.7. The SMILES string of the molecule is CC(=O)N1CCC(NC(=O)NC(c2ccc(F)cc2F)C2CCCC2)CC1. The van der Waals surface area contributed by atoms with Gasteiger partial charge in [0.2, 0.25) is 5.91 Å². The molecule has 2 N–H and O–H groups in total. The van der Waals surface area contributed by atoms with Gasteiger partial charge >= 0.3 is 6.03 Å². The summed E-state index contributed by atoms with van der Waals surface area (Å²) >= 11 is 0. The number of urea groups is 1. The van der Waals surface area contributed by atoms with Crippen LogP contribution in [0.3, 0.4) is 0 Å². The number of rotatable bonds is 4. The number of piperidine rings is 1. The van der Waals surface area contributed by atoms with E-state index in [2.05, 4.69) is 10.6 Å². The van der Waals surface area contributed by atoms with Gasteiger partial charge in [-0.1, -0.05) is 18.9 Å². The summed E-state index contributed by atoms with van der Waals surface area (Å²) < 4.78 is 27.6. The number of halogens is 2. The Balaban J connectivity index is 1.64. The molecule has 1 aliphatic heterocycles. The third-order valence-corrected chi connectivity index (χ3v) is 5.73. The van der Waals surface area contributed by atoms with Gasteiger partial charge in [-0.15, -0.1) is 0 Å². The van der Waals surface area contributed by atoms with Crippen LogP contribution in [0.25, 0.3) is 0 Å². The molecule has 1 aliphatic carbocycles. The van der Waals surface area contributed by atoms with Crippen molar-refractivity contribution < 1.29 is 18.4 Å². The van der Waals surface area contributed by atoms with Crippen molar-refractivity contribution in [2.75, 3.05) is 13.1 Å². The lowest BCUT2D eigenvalue weighted by Crippen LogP contribution is -2.50. The maximum atomic E-state index is 14.3. The molecule has 7 heteroatoms. The molecule has 27 heavy (non-hydrogen) atoms. The second-order valence-corrected chi connectivity index (χ2v) is 7.59. The van der Waals surface area contributed by atoms with Gasteiger partial charge in [-0.3, -0.25) is 4.79 Å². The maximum Gasteiger partial charge on any atom is 0.315 e. The summed E-state index contributed by atoms with van der Waals surface area (Å²) in [7, 11) is 0. The van der Waals surface area contributed by atoms with E-state index in [1.807, 2.05) is 0 Å². The van der Waals surface area contributed by atoms with E-state index in [9.17, 15) is 18.4 Å². The zero-order valence-electron chi connectivity index (χ0n) is 15.6. The Kier molecular flexibility index (Phi) is 6.29. The first kappa shape index (κ1) is 19.6. The highest BCUT2D eigenvalue weighted by molar-refractivity contribution is 5.75. The molecule has 148 valence electrons. The third-order valence-electron chi connectivity index (χ3n) is 5.73. The van der Waals surface area contributed by atoms with Crippen molar-refractivity contribution in [3.63, 3.8) is 0 Å². The summed E-state index contributed by atoms with van der Waals surface area (Å²) in [6.07, 6.45) is 5.34. The molecule has 5 nitrogen and oxygen atoms in total. The highest BCUT2D eigenvalue weighted by Crippen LogP contribution is 2.36. The summed E-state index contributed by atoms with van der Waals surface area (Å²) in [5, 5.41) is 5.87. The predicted molar refractivity (Wildman–Crippen MR) is 98.0 cm³/mol. The van der Waals surface area contributed by atoms with Crippen LogP contribution in [0, 0.1) is 17.6 Å². The van der Waals surface area contributed by atoms with Crippen molar-refractivity contribution in [2.45, 2.75) is 57.5 Å². The number of hydrogen-bond donors (Lipinski definition) is 2. The lowest BCUT2D eigenvalue weighted by molar-refractivity contribution is -0.129. The first-order valence-corrected chi connectivity index (χ1v) is 9.71. The van der Waals surface area contributed by atoms with Crippen LogP contribution in [0.2, 0.25) is 0 Å². The van der Waals surface area contributed by atoms with E-state index >= 15 is 0 Å². The van der Waals surface area contributed by atoms with Crippen LogP contribution in [0.15, 0.2) is 18.2 Å². The van der Waals surface area contributed by atoms with E-state index in [4.69, 9.17) is 0 Å². The van der Waals surface area contributed by atoms with Crippen LogP contribution in [0.4, 0.5) is 13.6 Å². The molecule has 2 fully saturated rings. The Morgan fingerprint density at radius 3 is 2.37 bits per heavy atom. The molecule has 3 rings (SSSR count). The number of hydrogen-bond acceptors (Lipinski definition) is 2. The molecular formula is C20H27F2N3O2. The van der Waals surface area contributed by atoms with Crippen molar-refractivity contribution in [1.29, 1.82) is 0 Å². The van der Waals surface area contributed by atoms with Crippen LogP contribution in [0.1, 0.15) is 57.1 Å². The third kappa shape index (κ3) is 4.96. The molecule has 1 unspecified atom stereocenters. The minimum Gasteiger partial charge on any atom is -0.343 e. The van der Waals surface area contributed by atoms with Crippen molar-refractivity contribution in [3.8, 4) is 0 Å². The van der Waals surface area contributed by atoms with Gasteiger partial charge in [0.05, 0.1) is 6.04 Å². The average molecular weight is 379 g/mol. The van der Waals surface area contributed by atoms with Crippen molar-refractivity contribution in [2.24, 2.45) is 5.92 Å². The van der Waals surface area contributed by atoms with Crippen LogP contribution in [0.5, 0.6) is 0 Å². The minimum absolute atomic E-state index is 0.0112. The Bertz CT molecular complexity index is 684. The van der Waals surface area contributed by atoms with Crippen LogP contribution >= 0.6 is 0 Å². The first-order chi connectivity index (χ1) is 12.9. The fourth-order valence-corrected chi connectivity index (χ4v) is 4.20. The Hall–Kier alpha value is -2.18. The molecule has 0 aromatic heterocycles. The van der Waals surface area contributed by atoms with Gasteiger partial charge in [-0.2, -0.15) is 0 Å². The van der Waals surface area contributed by atoms with Gasteiger partial charge in [0, 0.05) is 37.7 Å². The van der Waals surface area contributed by atoms with Gasteiger partial charge < -0.3 is 15.5 Å². The molecule has 2 aliphatic rings. The lowest BCUT2D eigenvalue weighted by atomic mass is 9.91. The molecule has 1 saturated heterocycles. The summed E-state index contributed by atoms with van der Waals surface area (Å²) in [6.45, 7) is 2.79. The molecular weight excluding hydrogens is 352 g/mol. The second kappa shape index (κ2) is 8.67. The van der Waals surface area contributed by atoms with E-state index in [0.29, 0.717) is 31.5 Å². The van der Waals surface area contributed by atoms with Gasteiger partial charge in [0.15, 0.2) is 0 Å². The predicted octanol–water partition coefficient (Wildman–Crippen LogP) is 3.51. The smallest absolute Gasteiger partial charge is 0.315 e. The molecule has 0 radical (unpaired) electrons. The summed E-state index contributed by atoms with van der Waals surface area (Å²) in [5.41, 5.74) is 0.338. The Morgan fingerprint density at radius 1 is 1.11 bits per heavy atom. The fraction of sp³-hybridized carbons (Fsp3) is 0.600. The van der Waals surface area contributed by atoms with Crippen LogP contribution in [-0.2, 0) is 4.79 Å². The van der Waals surface area contributed by atoms with E-state index in [-0.39, 0.29) is 23.9 Å². The van der Waals surface area contributed by atoms with E-state index < -0.39 is 17.7 Å². The van der Waals surface area contributed by atoms with Crippen LogP contribution in [-0.4, -0.2) is 36.0 Å². The normalized spacial score (nSPS) is 19.7. The highest BCUT2D eigenvalue weighted by atomic mass is 19.1. The van der Waals surface area contributed by atoms with Crippen LogP contribution < -0.4 is 10.6 Å². The zero-order chi connectivity index (χ0) is 19.4. The standard InChI is InChI=1S/C20H27F2N3O2/c1-13(26)25-10-8-16(9-11-25)23-20(27)24-19(14-4-2-3-5-14)17-7-6-15(21)12-18(17)22/h6-7,12,14,16,19H,2-5,8-11H2,1H3,(H2,23,24,27). The molecule has 1 heterocycles. The number of nitrogens with one attached hydrogen (secondary N) is 2. The van der Waals surface area contributed by atoms with E-state index in [1.165, 1.54) is 12.1 Å². The Labute approximate surface area is 158 Å². The van der Waals surface area contributed by atoms with Crippen molar-refractivity contribution >= 4 is 11.9 Å². The zero-order valence-corrected chi connectivity index (χ0v) is 15.6. The number of carbonyl (C=O) groups excluding carboxylic acids is 2. The number of nitrogens with zero attached hydrogens (tertiary/aromatic N) is 1. The molecule has 1 saturated carbocycles. The van der Waals surface area contributed by atoms with Crippen molar-refractivity contribution in [3.05, 3.63) is 35.4 Å². The fourth-order valence-electron chi connectivity index (χ4n) is 4.20. The molecule has 0 bridgehead atoms. The first-order valence-electron chi connectivity index (χ1n) is 9.71. The van der Waals surface area contributed by atoms with Gasteiger partial charge in [-0.05, 0) is 37.7 Å².